The average Bonchev–Trinajstić information content (AvgIpc) is 3.37. The highest BCUT2D eigenvalue weighted by atomic mass is 19.1. The third-order valence-electron chi connectivity index (χ3n) is 5.53. The first-order valence-corrected chi connectivity index (χ1v) is 10.1. The highest BCUT2D eigenvalue weighted by Crippen LogP contribution is 2.30. The molecule has 2 N–H and O–H groups in total. The summed E-state index contributed by atoms with van der Waals surface area (Å²) in [6.07, 6.45) is 3.49. The Balaban J connectivity index is 1.35. The third-order valence-corrected chi connectivity index (χ3v) is 5.53. The minimum absolute atomic E-state index is 0.309. The molecule has 0 amide bonds. The van der Waals surface area contributed by atoms with Gasteiger partial charge in [-0.25, -0.2) is 14.4 Å². The van der Waals surface area contributed by atoms with Gasteiger partial charge in [-0.15, -0.1) is 0 Å². The van der Waals surface area contributed by atoms with Crippen LogP contribution < -0.4 is 10.1 Å². The van der Waals surface area contributed by atoms with E-state index < -0.39 is 0 Å². The largest absolute Gasteiger partial charge is 0.496 e. The summed E-state index contributed by atoms with van der Waals surface area (Å²) >= 11 is 0. The molecule has 0 atom stereocenters. The molecular weight excluding hydrogens is 393 g/mol. The molecule has 0 saturated carbocycles. The van der Waals surface area contributed by atoms with Crippen LogP contribution in [0, 0.1) is 12.7 Å². The van der Waals surface area contributed by atoms with Gasteiger partial charge in [-0.05, 0) is 36.6 Å². The van der Waals surface area contributed by atoms with Gasteiger partial charge in [0.05, 0.1) is 18.3 Å². The lowest BCUT2D eigenvalue weighted by atomic mass is 10.1. The quantitative estimate of drug-likeness (QED) is 0.403. The topological polar surface area (TPSA) is 67.8 Å². The van der Waals surface area contributed by atoms with Gasteiger partial charge >= 0.3 is 0 Å². The van der Waals surface area contributed by atoms with Gasteiger partial charge in [0, 0.05) is 53.6 Å². The lowest BCUT2D eigenvalue weighted by Gasteiger charge is -2.11. The minimum Gasteiger partial charge on any atom is -0.496 e. The van der Waals surface area contributed by atoms with Gasteiger partial charge in [0.15, 0.2) is 0 Å². The summed E-state index contributed by atoms with van der Waals surface area (Å²) in [5.41, 5.74) is 4.81. The molecular formula is C24H22FN5O. The fourth-order valence-corrected chi connectivity index (χ4v) is 4.00. The number of hydrogen-bond acceptors (Lipinski definition) is 4. The number of anilines is 1. The van der Waals surface area contributed by atoms with Crippen molar-refractivity contribution in [3.63, 3.8) is 0 Å². The van der Waals surface area contributed by atoms with Crippen molar-refractivity contribution in [1.29, 1.82) is 0 Å². The van der Waals surface area contributed by atoms with Crippen LogP contribution in [0.25, 0.3) is 33.1 Å². The molecule has 6 nitrogen and oxygen atoms in total. The van der Waals surface area contributed by atoms with E-state index in [1.54, 1.807) is 19.5 Å². The highest BCUT2D eigenvalue weighted by molar-refractivity contribution is 5.87. The first-order valence-electron chi connectivity index (χ1n) is 10.1. The van der Waals surface area contributed by atoms with Crippen molar-refractivity contribution in [3.05, 3.63) is 72.6 Å². The molecule has 5 aromatic rings. The molecule has 5 rings (SSSR count). The summed E-state index contributed by atoms with van der Waals surface area (Å²) in [5.74, 6) is 0.981. The summed E-state index contributed by atoms with van der Waals surface area (Å²) in [7, 11) is 1.56. The van der Waals surface area contributed by atoms with E-state index in [4.69, 9.17) is 4.74 Å². The molecule has 0 saturated heterocycles. The summed E-state index contributed by atoms with van der Waals surface area (Å²) < 4.78 is 21.4. The van der Waals surface area contributed by atoms with E-state index in [-0.39, 0.29) is 5.82 Å². The van der Waals surface area contributed by atoms with E-state index in [2.05, 4.69) is 43.0 Å². The molecule has 0 unspecified atom stereocenters. The molecule has 2 aromatic carbocycles. The maximum Gasteiger partial charge on any atom is 0.131 e. The molecule has 0 radical (unpaired) electrons. The first kappa shape index (κ1) is 19.1. The summed E-state index contributed by atoms with van der Waals surface area (Å²) in [5, 5.41) is 5.43. The summed E-state index contributed by atoms with van der Waals surface area (Å²) in [4.78, 5) is 12.0. The smallest absolute Gasteiger partial charge is 0.131 e. The van der Waals surface area contributed by atoms with Crippen LogP contribution in [0.3, 0.4) is 0 Å². The van der Waals surface area contributed by atoms with Crippen molar-refractivity contribution < 1.29 is 9.13 Å². The maximum atomic E-state index is 14.0. The normalized spacial score (nSPS) is 11.3. The van der Waals surface area contributed by atoms with Gasteiger partial charge in [-0.2, -0.15) is 0 Å². The minimum atomic E-state index is -0.309. The molecule has 156 valence electrons. The number of fused-ring (bicyclic) bond motifs is 2. The molecule has 7 heteroatoms. The standard InChI is InChI=1S/C24H22FN5O/c1-15-9-19-22(11-18(25)12-23(19)31-2)30(15)8-7-27-24-13-21(28-14-29-24)17-4-3-16-5-6-26-20(16)10-17/h3-6,9-14,26H,7-8H2,1-2H3,(H,27,28,29). The van der Waals surface area contributed by atoms with Crippen LogP contribution in [0.4, 0.5) is 10.2 Å². The Bertz CT molecular complexity index is 1390. The number of benzene rings is 2. The van der Waals surface area contributed by atoms with E-state index in [9.17, 15) is 4.39 Å². The molecule has 0 bridgehead atoms. The Morgan fingerprint density at radius 1 is 1.10 bits per heavy atom. The van der Waals surface area contributed by atoms with Gasteiger partial charge in [0.25, 0.3) is 0 Å². The van der Waals surface area contributed by atoms with Gasteiger partial charge in [-0.1, -0.05) is 12.1 Å². The van der Waals surface area contributed by atoms with Crippen molar-refractivity contribution in [3.8, 4) is 17.0 Å². The third kappa shape index (κ3) is 3.59. The van der Waals surface area contributed by atoms with Crippen LogP contribution in [-0.4, -0.2) is 33.2 Å². The summed E-state index contributed by atoms with van der Waals surface area (Å²) in [6, 6.07) is 15.2. The van der Waals surface area contributed by atoms with Crippen LogP contribution in [0.2, 0.25) is 0 Å². The number of nitrogens with one attached hydrogen (secondary N) is 2. The van der Waals surface area contributed by atoms with E-state index in [0.29, 0.717) is 18.8 Å². The van der Waals surface area contributed by atoms with E-state index in [1.165, 1.54) is 11.5 Å². The molecule has 0 spiro atoms. The Morgan fingerprint density at radius 3 is 2.87 bits per heavy atom. The van der Waals surface area contributed by atoms with Gasteiger partial charge < -0.3 is 19.6 Å². The van der Waals surface area contributed by atoms with Crippen molar-refractivity contribution in [2.45, 2.75) is 13.5 Å². The Kier molecular flexibility index (Phi) is 4.78. The van der Waals surface area contributed by atoms with Crippen molar-refractivity contribution >= 4 is 27.6 Å². The van der Waals surface area contributed by atoms with Crippen molar-refractivity contribution in [2.75, 3.05) is 19.0 Å². The van der Waals surface area contributed by atoms with Gasteiger partial charge in [0.1, 0.15) is 23.7 Å². The molecule has 31 heavy (non-hydrogen) atoms. The molecule has 3 heterocycles. The number of aryl methyl sites for hydroxylation is 1. The van der Waals surface area contributed by atoms with Crippen LogP contribution >= 0.6 is 0 Å². The van der Waals surface area contributed by atoms with Crippen LogP contribution in [0.1, 0.15) is 5.69 Å². The SMILES string of the molecule is COc1cc(F)cc2c1cc(C)n2CCNc1cc(-c2ccc3cc[nH]c3c2)ncn1. The number of nitrogens with zero attached hydrogens (tertiary/aromatic N) is 3. The molecule has 0 fully saturated rings. The lowest BCUT2D eigenvalue weighted by molar-refractivity contribution is 0.416. The number of ether oxygens (including phenoxy) is 1. The summed E-state index contributed by atoms with van der Waals surface area (Å²) in [6.45, 7) is 3.31. The number of rotatable bonds is 6. The number of halogens is 1. The van der Waals surface area contributed by atoms with E-state index in [1.807, 2.05) is 31.3 Å². The second-order valence-corrected chi connectivity index (χ2v) is 7.47. The zero-order valence-corrected chi connectivity index (χ0v) is 17.3. The Morgan fingerprint density at radius 2 is 2.00 bits per heavy atom. The highest BCUT2D eigenvalue weighted by Gasteiger charge is 2.12. The van der Waals surface area contributed by atoms with Crippen LogP contribution in [0.15, 0.2) is 61.1 Å². The monoisotopic (exact) mass is 415 g/mol. The average molecular weight is 415 g/mol. The fourth-order valence-electron chi connectivity index (χ4n) is 4.00. The number of aromatic amines is 1. The van der Waals surface area contributed by atoms with Gasteiger partial charge in [-0.3, -0.25) is 0 Å². The zero-order chi connectivity index (χ0) is 21.4. The second-order valence-electron chi connectivity index (χ2n) is 7.47. The first-order chi connectivity index (χ1) is 15.1. The Labute approximate surface area is 178 Å². The second kappa shape index (κ2) is 7.75. The van der Waals surface area contributed by atoms with E-state index in [0.717, 1.165) is 39.2 Å². The number of aromatic nitrogens is 4. The molecule has 3 aromatic heterocycles. The van der Waals surface area contributed by atoms with Crippen LogP contribution in [0.5, 0.6) is 5.75 Å². The lowest BCUT2D eigenvalue weighted by Crippen LogP contribution is -2.12. The van der Waals surface area contributed by atoms with Gasteiger partial charge in [0.2, 0.25) is 0 Å². The molecule has 0 aliphatic carbocycles. The zero-order valence-electron chi connectivity index (χ0n) is 17.3. The van der Waals surface area contributed by atoms with Crippen LogP contribution in [-0.2, 0) is 6.54 Å². The maximum absolute atomic E-state index is 14.0. The predicted octanol–water partition coefficient (Wildman–Crippen LogP) is 5.15. The van der Waals surface area contributed by atoms with Crippen molar-refractivity contribution in [2.24, 2.45) is 0 Å². The fraction of sp³-hybridized carbons (Fsp3) is 0.167. The molecule has 0 aliphatic heterocycles. The van der Waals surface area contributed by atoms with E-state index >= 15 is 0 Å². The number of hydrogen-bond donors (Lipinski definition) is 2. The molecule has 0 aliphatic rings. The predicted molar refractivity (Wildman–Crippen MR) is 121 cm³/mol. The van der Waals surface area contributed by atoms with Crippen molar-refractivity contribution in [1.82, 2.24) is 19.5 Å². The number of H-pyrrole nitrogens is 1. The number of methoxy groups -OCH3 is 1. The Hall–Kier alpha value is -3.87.